The van der Waals surface area contributed by atoms with Crippen molar-refractivity contribution in [2.24, 2.45) is 5.92 Å². The second-order valence-electron chi connectivity index (χ2n) is 4.89. The van der Waals surface area contributed by atoms with Crippen molar-refractivity contribution in [2.75, 3.05) is 18.1 Å². The zero-order valence-corrected chi connectivity index (χ0v) is 10.8. The van der Waals surface area contributed by atoms with Gasteiger partial charge in [0.1, 0.15) is 0 Å². The minimum absolute atomic E-state index is 0.605. The average Bonchev–Trinajstić information content (AvgIpc) is 3.01. The van der Waals surface area contributed by atoms with Crippen molar-refractivity contribution in [3.8, 4) is 0 Å². The predicted molar refractivity (Wildman–Crippen MR) is 68.8 cm³/mol. The van der Waals surface area contributed by atoms with Gasteiger partial charge in [0.2, 0.25) is 0 Å². The highest BCUT2D eigenvalue weighted by atomic mass is 32.2. The standard InChI is InChI=1S/C12H20OS2/c1-3-10(14-7-1)9-5-6-13-12(9)11-4-2-8-15-11/h9-12H,1-8H2. The maximum atomic E-state index is 6.03. The molecule has 3 aliphatic heterocycles. The molecule has 3 heteroatoms. The van der Waals surface area contributed by atoms with E-state index < -0.39 is 0 Å². The third-order valence-electron chi connectivity index (χ3n) is 3.96. The van der Waals surface area contributed by atoms with Crippen LogP contribution in [-0.4, -0.2) is 34.7 Å². The molecule has 0 aliphatic carbocycles. The number of rotatable bonds is 2. The second kappa shape index (κ2) is 4.89. The molecule has 0 aromatic heterocycles. The fourth-order valence-electron chi connectivity index (χ4n) is 3.21. The fraction of sp³-hybridized carbons (Fsp3) is 1.00. The maximum Gasteiger partial charge on any atom is 0.0733 e. The summed E-state index contributed by atoms with van der Waals surface area (Å²) in [6.45, 7) is 1.03. The molecule has 4 atom stereocenters. The van der Waals surface area contributed by atoms with Crippen LogP contribution in [0.1, 0.15) is 32.1 Å². The van der Waals surface area contributed by atoms with Crippen LogP contribution in [0.2, 0.25) is 0 Å². The van der Waals surface area contributed by atoms with Gasteiger partial charge in [-0.1, -0.05) is 0 Å². The Labute approximate surface area is 101 Å². The Morgan fingerprint density at radius 2 is 1.60 bits per heavy atom. The first kappa shape index (κ1) is 10.8. The topological polar surface area (TPSA) is 9.23 Å². The molecule has 3 fully saturated rings. The number of hydrogen-bond acceptors (Lipinski definition) is 3. The highest BCUT2D eigenvalue weighted by Gasteiger charge is 2.41. The highest BCUT2D eigenvalue weighted by Crippen LogP contribution is 2.44. The lowest BCUT2D eigenvalue weighted by Crippen LogP contribution is -2.32. The van der Waals surface area contributed by atoms with Crippen LogP contribution in [0.3, 0.4) is 0 Å². The first-order chi connectivity index (χ1) is 7.45. The Balaban J connectivity index is 1.65. The Bertz CT molecular complexity index is 188. The van der Waals surface area contributed by atoms with Crippen LogP contribution in [0, 0.1) is 5.92 Å². The molecule has 3 saturated heterocycles. The van der Waals surface area contributed by atoms with Crippen molar-refractivity contribution in [3.05, 3.63) is 0 Å². The molecule has 3 aliphatic rings. The van der Waals surface area contributed by atoms with E-state index in [-0.39, 0.29) is 0 Å². The monoisotopic (exact) mass is 244 g/mol. The Hall–Kier alpha value is 0.660. The molecule has 0 aromatic carbocycles. The smallest absolute Gasteiger partial charge is 0.0733 e. The molecule has 15 heavy (non-hydrogen) atoms. The summed E-state index contributed by atoms with van der Waals surface area (Å²) in [5, 5.41) is 1.76. The summed E-state index contributed by atoms with van der Waals surface area (Å²) in [5.41, 5.74) is 0. The van der Waals surface area contributed by atoms with Crippen LogP contribution in [-0.2, 0) is 4.74 Å². The maximum absolute atomic E-state index is 6.03. The minimum Gasteiger partial charge on any atom is -0.377 e. The molecule has 0 radical (unpaired) electrons. The van der Waals surface area contributed by atoms with Gasteiger partial charge >= 0.3 is 0 Å². The molecule has 0 saturated carbocycles. The Morgan fingerprint density at radius 1 is 0.867 bits per heavy atom. The van der Waals surface area contributed by atoms with Crippen LogP contribution >= 0.6 is 23.5 Å². The molecule has 1 nitrogen and oxygen atoms in total. The molecule has 0 amide bonds. The summed E-state index contributed by atoms with van der Waals surface area (Å²) in [6.07, 6.45) is 7.65. The van der Waals surface area contributed by atoms with E-state index in [2.05, 4.69) is 23.5 Å². The summed E-state index contributed by atoms with van der Waals surface area (Å²) in [4.78, 5) is 0. The highest BCUT2D eigenvalue weighted by molar-refractivity contribution is 8.00. The molecule has 0 N–H and O–H groups in total. The van der Waals surface area contributed by atoms with Crippen LogP contribution in [0.4, 0.5) is 0 Å². The number of ether oxygens (including phenoxy) is 1. The fourth-order valence-corrected chi connectivity index (χ4v) is 6.16. The first-order valence-corrected chi connectivity index (χ1v) is 8.40. The van der Waals surface area contributed by atoms with E-state index in [1.165, 1.54) is 43.6 Å². The van der Waals surface area contributed by atoms with E-state index in [9.17, 15) is 0 Å². The van der Waals surface area contributed by atoms with Crippen molar-refractivity contribution < 1.29 is 4.74 Å². The molecule has 0 aromatic rings. The van der Waals surface area contributed by atoms with E-state index >= 15 is 0 Å². The SMILES string of the molecule is C1CSC(C2CCOC2C2CCCS2)C1. The molecule has 0 spiro atoms. The molecule has 0 bridgehead atoms. The molecule has 86 valence electrons. The van der Waals surface area contributed by atoms with Gasteiger partial charge in [0.15, 0.2) is 0 Å². The van der Waals surface area contributed by atoms with Crippen LogP contribution in [0.25, 0.3) is 0 Å². The van der Waals surface area contributed by atoms with Gasteiger partial charge in [0.25, 0.3) is 0 Å². The summed E-state index contributed by atoms with van der Waals surface area (Å²) in [7, 11) is 0. The quantitative estimate of drug-likeness (QED) is 0.738. The van der Waals surface area contributed by atoms with Gasteiger partial charge in [-0.2, -0.15) is 23.5 Å². The van der Waals surface area contributed by atoms with E-state index in [4.69, 9.17) is 4.74 Å². The number of hydrogen-bond donors (Lipinski definition) is 0. The van der Waals surface area contributed by atoms with Gasteiger partial charge in [0, 0.05) is 23.0 Å². The molecule has 3 rings (SSSR count). The summed E-state index contributed by atoms with van der Waals surface area (Å²) < 4.78 is 6.03. The van der Waals surface area contributed by atoms with Gasteiger partial charge in [-0.05, 0) is 43.6 Å². The molecule has 3 heterocycles. The van der Waals surface area contributed by atoms with Gasteiger partial charge in [-0.25, -0.2) is 0 Å². The van der Waals surface area contributed by atoms with Crippen molar-refractivity contribution in [2.45, 2.75) is 48.7 Å². The molecular formula is C12H20OS2. The normalized spacial score (nSPS) is 46.4. The second-order valence-corrected chi connectivity index (χ2v) is 7.59. The van der Waals surface area contributed by atoms with Gasteiger partial charge in [-0.15, -0.1) is 0 Å². The summed E-state index contributed by atoms with van der Waals surface area (Å²) in [5.74, 6) is 3.65. The molecular weight excluding hydrogens is 224 g/mol. The summed E-state index contributed by atoms with van der Waals surface area (Å²) in [6, 6.07) is 0. The largest absolute Gasteiger partial charge is 0.377 e. The first-order valence-electron chi connectivity index (χ1n) is 6.30. The lowest BCUT2D eigenvalue weighted by atomic mass is 9.91. The van der Waals surface area contributed by atoms with Crippen LogP contribution in [0.5, 0.6) is 0 Å². The predicted octanol–water partition coefficient (Wildman–Crippen LogP) is 3.18. The average molecular weight is 244 g/mol. The Morgan fingerprint density at radius 3 is 2.27 bits per heavy atom. The third-order valence-corrected chi connectivity index (χ3v) is 6.95. The summed E-state index contributed by atoms with van der Waals surface area (Å²) >= 11 is 4.38. The van der Waals surface area contributed by atoms with Crippen molar-refractivity contribution in [3.63, 3.8) is 0 Å². The van der Waals surface area contributed by atoms with Gasteiger partial charge in [0.05, 0.1) is 6.10 Å². The van der Waals surface area contributed by atoms with Crippen LogP contribution < -0.4 is 0 Å². The molecule has 4 unspecified atom stereocenters. The lowest BCUT2D eigenvalue weighted by Gasteiger charge is -2.27. The van der Waals surface area contributed by atoms with Crippen LogP contribution in [0.15, 0.2) is 0 Å². The van der Waals surface area contributed by atoms with Crippen molar-refractivity contribution in [1.82, 2.24) is 0 Å². The minimum atomic E-state index is 0.605. The van der Waals surface area contributed by atoms with E-state index in [1.54, 1.807) is 0 Å². The van der Waals surface area contributed by atoms with E-state index in [0.29, 0.717) is 6.10 Å². The van der Waals surface area contributed by atoms with E-state index in [0.717, 1.165) is 23.0 Å². The Kier molecular flexibility index (Phi) is 3.52. The van der Waals surface area contributed by atoms with Crippen molar-refractivity contribution >= 4 is 23.5 Å². The zero-order valence-electron chi connectivity index (χ0n) is 9.19. The van der Waals surface area contributed by atoms with Gasteiger partial charge < -0.3 is 4.74 Å². The third kappa shape index (κ3) is 2.20. The van der Waals surface area contributed by atoms with E-state index in [1.807, 2.05) is 0 Å². The van der Waals surface area contributed by atoms with Crippen molar-refractivity contribution in [1.29, 1.82) is 0 Å². The zero-order chi connectivity index (χ0) is 10.1. The van der Waals surface area contributed by atoms with Gasteiger partial charge in [-0.3, -0.25) is 0 Å². The number of thioether (sulfide) groups is 2. The lowest BCUT2D eigenvalue weighted by molar-refractivity contribution is 0.0871.